The summed E-state index contributed by atoms with van der Waals surface area (Å²) in [5.41, 5.74) is 0. The van der Waals surface area contributed by atoms with Gasteiger partial charge in [-0.15, -0.1) is 0 Å². The molecule has 0 rings (SSSR count). The minimum absolute atomic E-state index is 0. The molecule has 0 saturated carbocycles. The van der Waals surface area contributed by atoms with Crippen molar-refractivity contribution in [3.63, 3.8) is 0 Å². The van der Waals surface area contributed by atoms with Crippen LogP contribution in [0.3, 0.4) is 0 Å². The van der Waals surface area contributed by atoms with Crippen molar-refractivity contribution >= 4 is 5.97 Å². The Morgan fingerprint density at radius 3 is 2.27 bits per heavy atom. The van der Waals surface area contributed by atoms with Crippen LogP contribution < -0.4 is 0 Å². The number of unbranched alkanes of at least 4 members (excludes halogenated alkanes) is 8. The fraction of sp³-hybridized carbons (Fsp3) is 0.833. The smallest absolute Gasteiger partial charge is 0.303 e. The number of carboxylic acids is 1. The van der Waals surface area contributed by atoms with Crippen LogP contribution in [0.5, 0.6) is 0 Å². The van der Waals surface area contributed by atoms with Gasteiger partial charge in [0.15, 0.2) is 0 Å². The van der Waals surface area contributed by atoms with Gasteiger partial charge < -0.3 is 10.2 Å². The predicted octanol–water partition coefficient (Wildman–Crippen LogP) is 5.08. The maximum absolute atomic E-state index is 10.3. The fourth-order valence-electron chi connectivity index (χ4n) is 2.36. The molecule has 0 aliphatic heterocycles. The zero-order valence-electron chi connectivity index (χ0n) is 14.0. The first-order chi connectivity index (χ1) is 10.2. The standard InChI is InChI=1S/C18H34O3.Au/c1-2-3-4-11-14-17(19)15-12-9-7-5-6-8-10-13-16-18(20)21;/h9,12,17,19H,2-8,10-11,13-16H2,1H3,(H,20,21);/b12-9-;/t17-;/m1./s1. The summed E-state index contributed by atoms with van der Waals surface area (Å²) in [7, 11) is 0. The average Bonchev–Trinajstić information content (AvgIpc) is 2.45. The van der Waals surface area contributed by atoms with Gasteiger partial charge in [-0.25, -0.2) is 0 Å². The molecule has 1 atom stereocenters. The SMILES string of the molecule is CCCCCC[C@@H](O)C/C=C\CCCCCCCC(=O)O.[Au]. The molecule has 0 spiro atoms. The maximum atomic E-state index is 10.3. The number of aliphatic carboxylic acids is 1. The van der Waals surface area contributed by atoms with Crippen LogP contribution in [0.2, 0.25) is 0 Å². The second kappa shape index (κ2) is 19.0. The molecule has 0 fully saturated rings. The van der Waals surface area contributed by atoms with E-state index in [9.17, 15) is 9.90 Å². The Kier molecular flexibility index (Phi) is 20.8. The van der Waals surface area contributed by atoms with Crippen molar-refractivity contribution in [1.29, 1.82) is 0 Å². The number of rotatable bonds is 15. The second-order valence-corrected chi connectivity index (χ2v) is 5.91. The summed E-state index contributed by atoms with van der Waals surface area (Å²) < 4.78 is 0. The molecule has 0 aromatic carbocycles. The Balaban J connectivity index is 0. The van der Waals surface area contributed by atoms with Crippen LogP contribution in [0.1, 0.15) is 90.4 Å². The van der Waals surface area contributed by atoms with Crippen molar-refractivity contribution < 1.29 is 37.4 Å². The topological polar surface area (TPSA) is 57.5 Å². The van der Waals surface area contributed by atoms with Crippen LogP contribution in [-0.4, -0.2) is 22.3 Å². The van der Waals surface area contributed by atoms with Gasteiger partial charge in [-0.05, 0) is 32.1 Å². The van der Waals surface area contributed by atoms with Crippen LogP contribution in [0, 0.1) is 0 Å². The maximum Gasteiger partial charge on any atom is 0.303 e. The van der Waals surface area contributed by atoms with E-state index in [0.717, 1.165) is 51.4 Å². The van der Waals surface area contributed by atoms with E-state index in [1.54, 1.807) is 0 Å². The summed E-state index contributed by atoms with van der Waals surface area (Å²) in [6, 6.07) is 0. The van der Waals surface area contributed by atoms with Gasteiger partial charge in [-0.1, -0.05) is 64.0 Å². The van der Waals surface area contributed by atoms with Crippen molar-refractivity contribution in [2.24, 2.45) is 0 Å². The van der Waals surface area contributed by atoms with Gasteiger partial charge in [-0.3, -0.25) is 4.79 Å². The summed E-state index contributed by atoms with van der Waals surface area (Å²) in [6.45, 7) is 2.20. The van der Waals surface area contributed by atoms with Crippen molar-refractivity contribution in [3.8, 4) is 0 Å². The largest absolute Gasteiger partial charge is 0.481 e. The molecule has 1 radical (unpaired) electrons. The predicted molar refractivity (Wildman–Crippen MR) is 88.5 cm³/mol. The number of hydrogen-bond donors (Lipinski definition) is 2. The van der Waals surface area contributed by atoms with E-state index in [1.165, 1.54) is 25.7 Å². The van der Waals surface area contributed by atoms with Crippen molar-refractivity contribution in [2.45, 2.75) is 96.5 Å². The van der Waals surface area contributed by atoms with E-state index in [2.05, 4.69) is 19.1 Å². The molecule has 4 heteroatoms. The number of carboxylic acid groups (broad SMARTS) is 1. The zero-order chi connectivity index (χ0) is 15.8. The molecule has 22 heavy (non-hydrogen) atoms. The summed E-state index contributed by atoms with van der Waals surface area (Å²) >= 11 is 0. The second-order valence-electron chi connectivity index (χ2n) is 5.91. The molecule has 0 aliphatic rings. The van der Waals surface area contributed by atoms with Gasteiger partial charge in [0.1, 0.15) is 0 Å². The van der Waals surface area contributed by atoms with E-state index in [-0.39, 0.29) is 28.5 Å². The normalized spacial score (nSPS) is 12.3. The Bertz CT molecular complexity index is 267. The van der Waals surface area contributed by atoms with E-state index in [1.807, 2.05) is 0 Å². The Hall–Kier alpha value is -0.0897. The third-order valence-corrected chi connectivity index (χ3v) is 3.73. The molecule has 0 bridgehead atoms. The van der Waals surface area contributed by atoms with E-state index in [4.69, 9.17) is 5.11 Å². The van der Waals surface area contributed by atoms with Gasteiger partial charge >= 0.3 is 5.97 Å². The third kappa shape index (κ3) is 19.9. The van der Waals surface area contributed by atoms with Gasteiger partial charge in [0.25, 0.3) is 0 Å². The molecule has 0 aromatic heterocycles. The number of aliphatic hydroxyl groups is 1. The average molecular weight is 495 g/mol. The van der Waals surface area contributed by atoms with Gasteiger partial charge in [0.2, 0.25) is 0 Å². The molecule has 0 unspecified atom stereocenters. The van der Waals surface area contributed by atoms with Gasteiger partial charge in [-0.2, -0.15) is 0 Å². The van der Waals surface area contributed by atoms with Crippen LogP contribution in [-0.2, 0) is 27.2 Å². The molecule has 0 aliphatic carbocycles. The Labute approximate surface area is 152 Å². The molecular weight excluding hydrogens is 461 g/mol. The van der Waals surface area contributed by atoms with Crippen molar-refractivity contribution in [2.75, 3.05) is 0 Å². The summed E-state index contributed by atoms with van der Waals surface area (Å²) in [5, 5.41) is 18.3. The molecule has 0 heterocycles. The molecule has 2 N–H and O–H groups in total. The molecule has 3 nitrogen and oxygen atoms in total. The first-order valence-corrected chi connectivity index (χ1v) is 8.71. The monoisotopic (exact) mass is 495 g/mol. The number of hydrogen-bond acceptors (Lipinski definition) is 2. The van der Waals surface area contributed by atoms with E-state index in [0.29, 0.717) is 6.42 Å². The molecule has 0 amide bonds. The number of allylic oxidation sites excluding steroid dienone is 1. The van der Waals surface area contributed by atoms with Crippen molar-refractivity contribution in [3.05, 3.63) is 12.2 Å². The molecule has 0 saturated heterocycles. The number of carbonyl (C=O) groups is 1. The van der Waals surface area contributed by atoms with Crippen molar-refractivity contribution in [1.82, 2.24) is 0 Å². The minimum Gasteiger partial charge on any atom is -0.481 e. The van der Waals surface area contributed by atoms with Crippen LogP contribution in [0.4, 0.5) is 0 Å². The quantitative estimate of drug-likeness (QED) is 0.189. The van der Waals surface area contributed by atoms with Crippen LogP contribution in [0.15, 0.2) is 12.2 Å². The van der Waals surface area contributed by atoms with Crippen LogP contribution in [0.25, 0.3) is 0 Å². The van der Waals surface area contributed by atoms with Crippen LogP contribution >= 0.6 is 0 Å². The van der Waals surface area contributed by atoms with Gasteiger partial charge in [0.05, 0.1) is 6.10 Å². The first kappa shape index (κ1) is 24.2. The minimum atomic E-state index is -0.689. The summed E-state index contributed by atoms with van der Waals surface area (Å²) in [6.07, 6.45) is 17.4. The first-order valence-electron chi connectivity index (χ1n) is 8.71. The van der Waals surface area contributed by atoms with Gasteiger partial charge in [0, 0.05) is 28.8 Å². The fourth-order valence-corrected chi connectivity index (χ4v) is 2.36. The van der Waals surface area contributed by atoms with E-state index < -0.39 is 5.97 Å². The number of aliphatic hydroxyl groups excluding tert-OH is 1. The Morgan fingerprint density at radius 2 is 1.59 bits per heavy atom. The summed E-state index contributed by atoms with van der Waals surface area (Å²) in [4.78, 5) is 10.3. The van der Waals surface area contributed by atoms with E-state index >= 15 is 0 Å². The summed E-state index contributed by atoms with van der Waals surface area (Å²) in [5.74, 6) is -0.689. The Morgan fingerprint density at radius 1 is 0.955 bits per heavy atom. The molecule has 0 aromatic rings. The molecular formula is C18H34AuO3. The molecule has 135 valence electrons. The zero-order valence-corrected chi connectivity index (χ0v) is 16.2. The third-order valence-electron chi connectivity index (χ3n) is 3.73.